The van der Waals surface area contributed by atoms with Crippen molar-refractivity contribution >= 4 is 5.71 Å². The molecule has 0 spiro atoms. The quantitative estimate of drug-likeness (QED) is 0.354. The molecule has 1 aliphatic heterocycles. The molecule has 0 aromatic heterocycles. The fourth-order valence-corrected chi connectivity index (χ4v) is 1.09. The van der Waals surface area contributed by atoms with Crippen LogP contribution in [0.2, 0.25) is 0 Å². The molecule has 4 heteroatoms. The Kier molecular flexibility index (Phi) is 3.58. The molecular weight excluding hydrogens is 154 g/mol. The first kappa shape index (κ1) is 9.04. The van der Waals surface area contributed by atoms with Crippen molar-refractivity contribution in [3.05, 3.63) is 0 Å². The van der Waals surface area contributed by atoms with E-state index >= 15 is 0 Å². The van der Waals surface area contributed by atoms with Gasteiger partial charge in [-0.2, -0.15) is 0 Å². The van der Waals surface area contributed by atoms with Crippen LogP contribution in [0.15, 0.2) is 5.16 Å². The van der Waals surface area contributed by atoms with Gasteiger partial charge in [-0.05, 0) is 0 Å². The van der Waals surface area contributed by atoms with Gasteiger partial charge in [-0.15, -0.1) is 6.42 Å². The highest BCUT2D eigenvalue weighted by Gasteiger charge is 2.16. The van der Waals surface area contributed by atoms with Gasteiger partial charge in [0.2, 0.25) is 0 Å². The lowest BCUT2D eigenvalue weighted by Gasteiger charge is -2.08. The van der Waals surface area contributed by atoms with Crippen LogP contribution < -0.4 is 5.73 Å². The highest BCUT2D eigenvalue weighted by molar-refractivity contribution is 5.87. The topological polar surface area (TPSA) is 50.8 Å². The zero-order valence-corrected chi connectivity index (χ0v) is 6.99. The summed E-state index contributed by atoms with van der Waals surface area (Å²) in [5.41, 5.74) is 6.47. The van der Waals surface area contributed by atoms with Crippen LogP contribution in [0, 0.1) is 12.3 Å². The number of hydrogen-bond donors (Lipinski definition) is 1. The first-order chi connectivity index (χ1) is 5.86. The van der Waals surface area contributed by atoms with Crippen molar-refractivity contribution in [3.63, 3.8) is 0 Å². The van der Waals surface area contributed by atoms with E-state index in [1.165, 1.54) is 0 Å². The summed E-state index contributed by atoms with van der Waals surface area (Å²) < 4.78 is 0. The van der Waals surface area contributed by atoms with Crippen molar-refractivity contribution in [2.75, 3.05) is 26.4 Å². The van der Waals surface area contributed by atoms with Gasteiger partial charge in [0.25, 0.3) is 0 Å². The van der Waals surface area contributed by atoms with E-state index in [2.05, 4.69) is 16.0 Å². The Balaban J connectivity index is 2.26. The van der Waals surface area contributed by atoms with Crippen LogP contribution in [0.4, 0.5) is 0 Å². The van der Waals surface area contributed by atoms with Gasteiger partial charge in [0.05, 0.1) is 5.71 Å². The van der Waals surface area contributed by atoms with E-state index in [-0.39, 0.29) is 6.61 Å². The van der Waals surface area contributed by atoms with Gasteiger partial charge in [0.1, 0.15) is 0 Å². The van der Waals surface area contributed by atoms with Crippen molar-refractivity contribution in [3.8, 4) is 12.3 Å². The Morgan fingerprint density at radius 3 is 3.17 bits per heavy atom. The van der Waals surface area contributed by atoms with E-state index in [0.29, 0.717) is 6.67 Å². The molecule has 1 aliphatic rings. The lowest BCUT2D eigenvalue weighted by molar-refractivity contribution is 0.178. The van der Waals surface area contributed by atoms with Crippen LogP contribution in [0.5, 0.6) is 0 Å². The largest absolute Gasteiger partial charge is 0.383 e. The van der Waals surface area contributed by atoms with E-state index in [4.69, 9.17) is 17.0 Å². The Hall–Kier alpha value is -1.05. The third-order valence-electron chi connectivity index (χ3n) is 1.72. The molecule has 0 radical (unpaired) electrons. The van der Waals surface area contributed by atoms with Gasteiger partial charge in [0.15, 0.2) is 6.61 Å². The lowest BCUT2D eigenvalue weighted by atomic mass is 10.3. The zero-order chi connectivity index (χ0) is 8.81. The normalized spacial score (nSPS) is 21.2. The van der Waals surface area contributed by atoms with Crippen molar-refractivity contribution < 1.29 is 4.84 Å². The molecule has 0 saturated carbocycles. The third kappa shape index (κ3) is 2.53. The second-order valence-electron chi connectivity index (χ2n) is 2.62. The van der Waals surface area contributed by atoms with E-state index < -0.39 is 0 Å². The maximum Gasteiger partial charge on any atom is 0.177 e. The minimum atomic E-state index is 0.242. The monoisotopic (exact) mass is 167 g/mol. The molecule has 0 bridgehead atoms. The van der Waals surface area contributed by atoms with Crippen LogP contribution in [0.25, 0.3) is 0 Å². The second-order valence-corrected chi connectivity index (χ2v) is 2.62. The van der Waals surface area contributed by atoms with Crippen molar-refractivity contribution in [1.82, 2.24) is 4.90 Å². The SMILES string of the molecule is C#CCON=C1CCN(CN)C1. The van der Waals surface area contributed by atoms with Gasteiger partial charge < -0.3 is 10.6 Å². The van der Waals surface area contributed by atoms with E-state index in [0.717, 1.165) is 25.2 Å². The molecule has 0 aromatic carbocycles. The molecule has 0 amide bonds. The molecule has 0 atom stereocenters. The number of oxime groups is 1. The third-order valence-corrected chi connectivity index (χ3v) is 1.72. The molecule has 4 nitrogen and oxygen atoms in total. The fourth-order valence-electron chi connectivity index (χ4n) is 1.09. The molecule has 66 valence electrons. The van der Waals surface area contributed by atoms with Crippen molar-refractivity contribution in [2.45, 2.75) is 6.42 Å². The molecule has 0 unspecified atom stereocenters. The van der Waals surface area contributed by atoms with Crippen LogP contribution >= 0.6 is 0 Å². The summed E-state index contributed by atoms with van der Waals surface area (Å²) in [7, 11) is 0. The molecule has 0 aliphatic carbocycles. The second kappa shape index (κ2) is 4.75. The summed E-state index contributed by atoms with van der Waals surface area (Å²) in [5.74, 6) is 2.35. The maximum atomic E-state index is 5.45. The predicted octanol–water partition coefficient (Wildman–Crippen LogP) is -0.386. The number of nitrogens with zero attached hydrogens (tertiary/aromatic N) is 2. The minimum Gasteiger partial charge on any atom is -0.383 e. The molecule has 12 heavy (non-hydrogen) atoms. The zero-order valence-electron chi connectivity index (χ0n) is 6.99. The van der Waals surface area contributed by atoms with Crippen LogP contribution in [-0.2, 0) is 4.84 Å². The van der Waals surface area contributed by atoms with E-state index in [1.54, 1.807) is 0 Å². The highest BCUT2D eigenvalue weighted by Crippen LogP contribution is 2.03. The van der Waals surface area contributed by atoms with Gasteiger partial charge >= 0.3 is 0 Å². The van der Waals surface area contributed by atoms with Gasteiger partial charge in [0, 0.05) is 26.2 Å². The van der Waals surface area contributed by atoms with Crippen molar-refractivity contribution in [2.24, 2.45) is 10.9 Å². The molecular formula is C8H13N3O. The Morgan fingerprint density at radius 2 is 2.58 bits per heavy atom. The standard InChI is InChI=1S/C8H13N3O/c1-2-5-12-10-8-3-4-11(6-8)7-9/h1H,3-7,9H2. The Labute approximate surface area is 72.3 Å². The Bertz CT molecular complexity index is 207. The van der Waals surface area contributed by atoms with Crippen LogP contribution in [-0.4, -0.2) is 37.0 Å². The lowest BCUT2D eigenvalue weighted by Crippen LogP contribution is -2.27. The molecule has 2 N–H and O–H groups in total. The first-order valence-corrected chi connectivity index (χ1v) is 3.90. The summed E-state index contributed by atoms with van der Waals surface area (Å²) in [6.07, 6.45) is 5.92. The van der Waals surface area contributed by atoms with E-state index in [9.17, 15) is 0 Å². The summed E-state index contributed by atoms with van der Waals surface area (Å²) >= 11 is 0. The fraction of sp³-hybridized carbons (Fsp3) is 0.625. The highest BCUT2D eigenvalue weighted by atomic mass is 16.6. The molecule has 1 rings (SSSR count). The van der Waals surface area contributed by atoms with Crippen LogP contribution in [0.1, 0.15) is 6.42 Å². The summed E-state index contributed by atoms with van der Waals surface area (Å²) in [5, 5.41) is 3.89. The molecule has 1 saturated heterocycles. The first-order valence-electron chi connectivity index (χ1n) is 3.90. The van der Waals surface area contributed by atoms with Gasteiger partial charge in [-0.1, -0.05) is 11.1 Å². The molecule has 1 heterocycles. The smallest absolute Gasteiger partial charge is 0.177 e. The number of hydrogen-bond acceptors (Lipinski definition) is 4. The summed E-state index contributed by atoms with van der Waals surface area (Å²) in [4.78, 5) is 6.94. The number of rotatable bonds is 3. The summed E-state index contributed by atoms with van der Waals surface area (Å²) in [6.45, 7) is 2.59. The minimum absolute atomic E-state index is 0.242. The number of nitrogens with two attached hydrogens (primary N) is 1. The number of likely N-dealkylation sites (tertiary alicyclic amines) is 1. The summed E-state index contributed by atoms with van der Waals surface area (Å²) in [6, 6.07) is 0. The van der Waals surface area contributed by atoms with Gasteiger partial charge in [-0.25, -0.2) is 0 Å². The average Bonchev–Trinajstić information content (AvgIpc) is 2.53. The van der Waals surface area contributed by atoms with E-state index in [1.807, 2.05) is 0 Å². The van der Waals surface area contributed by atoms with Gasteiger partial charge in [-0.3, -0.25) is 4.90 Å². The number of terminal acetylenes is 1. The average molecular weight is 167 g/mol. The molecule has 1 fully saturated rings. The van der Waals surface area contributed by atoms with Crippen molar-refractivity contribution in [1.29, 1.82) is 0 Å². The predicted molar refractivity (Wildman–Crippen MR) is 47.5 cm³/mol. The van der Waals surface area contributed by atoms with Crippen LogP contribution in [0.3, 0.4) is 0 Å². The molecule has 0 aromatic rings. The Morgan fingerprint density at radius 1 is 1.75 bits per heavy atom. The maximum absolute atomic E-state index is 5.45.